The molecule has 2 fully saturated rings. The second-order valence-electron chi connectivity index (χ2n) is 9.76. The molecule has 158 valence electrons. The fraction of sp³-hybridized carbons (Fsp3) is 0.481. The van der Waals surface area contributed by atoms with Gasteiger partial charge in [0.1, 0.15) is 11.9 Å². The molecule has 0 spiro atoms. The topological polar surface area (TPSA) is 56.9 Å². The van der Waals surface area contributed by atoms with Crippen molar-refractivity contribution in [3.63, 3.8) is 0 Å². The lowest BCUT2D eigenvalue weighted by atomic mass is 9.53. The van der Waals surface area contributed by atoms with Crippen LogP contribution in [-0.4, -0.2) is 15.7 Å². The summed E-state index contributed by atoms with van der Waals surface area (Å²) < 4.78 is 14.8. The zero-order valence-corrected chi connectivity index (χ0v) is 17.9. The van der Waals surface area contributed by atoms with Crippen molar-refractivity contribution in [1.29, 1.82) is 5.26 Å². The number of fused-ring (bicyclic) bond motifs is 5. The van der Waals surface area contributed by atoms with Crippen LogP contribution in [0.4, 0.5) is 4.39 Å². The highest BCUT2D eigenvalue weighted by molar-refractivity contribution is 5.44. The molecule has 1 aromatic carbocycles. The van der Waals surface area contributed by atoms with Crippen LogP contribution in [0.15, 0.2) is 36.7 Å². The van der Waals surface area contributed by atoms with E-state index in [1.807, 2.05) is 24.3 Å². The number of halogens is 1. The maximum atomic E-state index is 14.8. The van der Waals surface area contributed by atoms with E-state index in [9.17, 15) is 14.8 Å². The van der Waals surface area contributed by atoms with Gasteiger partial charge in [-0.15, -0.1) is 0 Å². The van der Waals surface area contributed by atoms with Gasteiger partial charge in [-0.1, -0.05) is 24.8 Å². The average Bonchev–Trinajstić information content (AvgIpc) is 3.05. The summed E-state index contributed by atoms with van der Waals surface area (Å²) >= 11 is 0. The van der Waals surface area contributed by atoms with Gasteiger partial charge < -0.3 is 5.11 Å². The maximum absolute atomic E-state index is 14.8. The van der Waals surface area contributed by atoms with Gasteiger partial charge in [0.05, 0.1) is 11.2 Å². The Balaban J connectivity index is 1.40. The molecule has 2 saturated carbocycles. The predicted octanol–water partition coefficient (Wildman–Crippen LogP) is 5.12. The fourth-order valence-corrected chi connectivity index (χ4v) is 6.84. The summed E-state index contributed by atoms with van der Waals surface area (Å²) in [6.45, 7) is 2.25. The van der Waals surface area contributed by atoms with Crippen molar-refractivity contribution < 1.29 is 9.50 Å². The van der Waals surface area contributed by atoms with Gasteiger partial charge >= 0.3 is 0 Å². The van der Waals surface area contributed by atoms with Gasteiger partial charge in [0, 0.05) is 29.8 Å². The minimum Gasteiger partial charge on any atom is -0.388 e. The molecule has 0 aliphatic heterocycles. The van der Waals surface area contributed by atoms with Gasteiger partial charge in [-0.3, -0.25) is 4.98 Å². The first-order valence-electron chi connectivity index (χ1n) is 11.3. The summed E-state index contributed by atoms with van der Waals surface area (Å²) in [7, 11) is 0. The monoisotopic (exact) mass is 414 g/mol. The lowest BCUT2D eigenvalue weighted by Crippen LogP contribution is -2.50. The van der Waals surface area contributed by atoms with E-state index in [1.54, 1.807) is 18.5 Å². The van der Waals surface area contributed by atoms with Crippen molar-refractivity contribution in [2.45, 2.75) is 63.4 Å². The van der Waals surface area contributed by atoms with Gasteiger partial charge in [-0.25, -0.2) is 4.39 Å². The van der Waals surface area contributed by atoms with Crippen molar-refractivity contribution >= 4 is 0 Å². The summed E-state index contributed by atoms with van der Waals surface area (Å²) in [5, 5.41) is 20.9. The third-order valence-electron chi connectivity index (χ3n) is 8.58. The Morgan fingerprint density at radius 1 is 1.16 bits per heavy atom. The zero-order valence-electron chi connectivity index (χ0n) is 17.9. The molecule has 0 radical (unpaired) electrons. The van der Waals surface area contributed by atoms with Crippen LogP contribution in [-0.2, 0) is 6.42 Å². The smallest absolute Gasteiger partial charge is 0.144 e. The SMILES string of the molecule is C[C@]12CCC3c4ccc(C#N)c(F)c4CCC3C1CC[C@@]2(O)CC#Cc1ccncc1. The summed E-state index contributed by atoms with van der Waals surface area (Å²) in [6.07, 6.45) is 9.22. The number of aliphatic hydroxyl groups is 1. The normalized spacial score (nSPS) is 33.3. The fourth-order valence-electron chi connectivity index (χ4n) is 6.84. The number of nitrogens with zero attached hydrogens (tertiary/aromatic N) is 2. The van der Waals surface area contributed by atoms with Crippen molar-refractivity contribution in [3.05, 3.63) is 64.7 Å². The molecule has 5 atom stereocenters. The lowest BCUT2D eigenvalue weighted by molar-refractivity contribution is -0.0991. The third-order valence-corrected chi connectivity index (χ3v) is 8.58. The number of rotatable bonds is 1. The Labute approximate surface area is 183 Å². The maximum Gasteiger partial charge on any atom is 0.144 e. The van der Waals surface area contributed by atoms with Gasteiger partial charge in [0.2, 0.25) is 0 Å². The highest BCUT2D eigenvalue weighted by Gasteiger charge is 2.61. The van der Waals surface area contributed by atoms with E-state index in [0.717, 1.165) is 48.8 Å². The summed E-state index contributed by atoms with van der Waals surface area (Å²) in [5.74, 6) is 7.31. The van der Waals surface area contributed by atoms with Crippen molar-refractivity contribution in [2.75, 3.05) is 0 Å². The molecule has 3 aliphatic carbocycles. The lowest BCUT2D eigenvalue weighted by Gasteiger charge is -2.53. The highest BCUT2D eigenvalue weighted by Crippen LogP contribution is 2.65. The molecule has 3 aliphatic rings. The molecule has 4 heteroatoms. The Morgan fingerprint density at radius 3 is 2.74 bits per heavy atom. The Hall–Kier alpha value is -2.69. The molecule has 2 aromatic rings. The first kappa shape index (κ1) is 20.2. The molecule has 1 N–H and O–H groups in total. The Kier molecular flexibility index (Phi) is 4.87. The number of benzene rings is 1. The number of pyridine rings is 1. The summed E-state index contributed by atoms with van der Waals surface area (Å²) in [6, 6.07) is 9.38. The molecule has 0 saturated heterocycles. The zero-order chi connectivity index (χ0) is 21.6. The van der Waals surface area contributed by atoms with Crippen molar-refractivity contribution in [2.24, 2.45) is 17.3 Å². The third kappa shape index (κ3) is 3.08. The minimum absolute atomic E-state index is 0.154. The minimum atomic E-state index is -0.779. The van der Waals surface area contributed by atoms with E-state index >= 15 is 0 Å². The Morgan fingerprint density at radius 2 is 1.97 bits per heavy atom. The van der Waals surface area contributed by atoms with Crippen LogP contribution in [0.1, 0.15) is 73.6 Å². The van der Waals surface area contributed by atoms with E-state index < -0.39 is 5.60 Å². The van der Waals surface area contributed by atoms with Gasteiger partial charge in [0.15, 0.2) is 0 Å². The largest absolute Gasteiger partial charge is 0.388 e. The molecular formula is C27H27FN2O. The van der Waals surface area contributed by atoms with Gasteiger partial charge in [-0.05, 0) is 85.6 Å². The molecular weight excluding hydrogens is 387 g/mol. The Bertz CT molecular complexity index is 1110. The van der Waals surface area contributed by atoms with E-state index in [4.69, 9.17) is 0 Å². The van der Waals surface area contributed by atoms with Crippen LogP contribution in [0.2, 0.25) is 0 Å². The van der Waals surface area contributed by atoms with Crippen LogP contribution < -0.4 is 0 Å². The number of aromatic nitrogens is 1. The molecule has 3 nitrogen and oxygen atoms in total. The molecule has 1 heterocycles. The molecule has 5 rings (SSSR count). The number of hydrogen-bond donors (Lipinski definition) is 1. The van der Waals surface area contributed by atoms with E-state index in [-0.39, 0.29) is 16.8 Å². The second kappa shape index (κ2) is 7.47. The second-order valence-corrected chi connectivity index (χ2v) is 9.76. The average molecular weight is 415 g/mol. The van der Waals surface area contributed by atoms with Crippen LogP contribution in [0.25, 0.3) is 0 Å². The number of nitriles is 1. The first-order valence-corrected chi connectivity index (χ1v) is 11.3. The first-order chi connectivity index (χ1) is 15.0. The van der Waals surface area contributed by atoms with Gasteiger partial charge in [-0.2, -0.15) is 5.26 Å². The van der Waals surface area contributed by atoms with Crippen LogP contribution in [0.5, 0.6) is 0 Å². The summed E-state index contributed by atoms with van der Waals surface area (Å²) in [5.41, 5.74) is 1.98. The van der Waals surface area contributed by atoms with Crippen LogP contribution in [0, 0.1) is 46.2 Å². The standard InChI is InChI=1S/C27H27FN2O/c1-26-13-8-21-20-5-4-19(17-29)25(28)23(20)7-6-22(21)24(26)9-14-27(26,31)12-2-3-18-10-15-30-16-11-18/h4-5,10-11,15-16,21-22,24,31H,6-9,12-14H2,1H3/t21?,22?,24?,26-,27-/m0/s1. The van der Waals surface area contributed by atoms with E-state index in [0.29, 0.717) is 30.6 Å². The molecule has 3 unspecified atom stereocenters. The van der Waals surface area contributed by atoms with Crippen molar-refractivity contribution in [1.82, 2.24) is 4.98 Å². The van der Waals surface area contributed by atoms with Gasteiger partial charge in [0.25, 0.3) is 0 Å². The predicted molar refractivity (Wildman–Crippen MR) is 116 cm³/mol. The van der Waals surface area contributed by atoms with Crippen LogP contribution in [0.3, 0.4) is 0 Å². The quantitative estimate of drug-likeness (QED) is 0.659. The molecule has 0 amide bonds. The number of hydrogen-bond acceptors (Lipinski definition) is 3. The van der Waals surface area contributed by atoms with E-state index in [1.165, 1.54) is 0 Å². The highest BCUT2D eigenvalue weighted by atomic mass is 19.1. The molecule has 31 heavy (non-hydrogen) atoms. The van der Waals surface area contributed by atoms with E-state index in [2.05, 4.69) is 23.7 Å². The summed E-state index contributed by atoms with van der Waals surface area (Å²) in [4.78, 5) is 4.02. The van der Waals surface area contributed by atoms with Crippen molar-refractivity contribution in [3.8, 4) is 17.9 Å². The van der Waals surface area contributed by atoms with Crippen LogP contribution >= 0.6 is 0 Å². The molecule has 0 bridgehead atoms. The molecule has 1 aromatic heterocycles.